The molecule has 0 spiro atoms. The number of ether oxygens (including phenoxy) is 3. The first kappa shape index (κ1) is 26.4. The molecule has 5 rings (SSSR count). The fourth-order valence-corrected chi connectivity index (χ4v) is 4.11. The number of hydrogen-bond donors (Lipinski definition) is 0. The van der Waals surface area contributed by atoms with Crippen LogP contribution in [-0.4, -0.2) is 17.9 Å². The molecule has 0 aliphatic heterocycles. The third-order valence-corrected chi connectivity index (χ3v) is 6.29. The second kappa shape index (κ2) is 12.6. The van der Waals surface area contributed by atoms with Crippen LogP contribution in [0.15, 0.2) is 133 Å². The molecule has 5 aromatic rings. The van der Waals surface area contributed by atoms with Gasteiger partial charge in [-0.25, -0.2) is 4.79 Å². The van der Waals surface area contributed by atoms with Gasteiger partial charge in [-0.1, -0.05) is 97.1 Å². The van der Waals surface area contributed by atoms with E-state index in [0.717, 1.165) is 16.7 Å². The molecule has 1 atom stereocenters. The minimum Gasteiger partial charge on any atom is -0.489 e. The summed E-state index contributed by atoms with van der Waals surface area (Å²) in [6.45, 7) is 2.05. The summed E-state index contributed by atoms with van der Waals surface area (Å²) < 4.78 is 17.1. The van der Waals surface area contributed by atoms with Crippen LogP contribution in [0.25, 0.3) is 11.1 Å². The molecule has 0 aliphatic rings. The van der Waals surface area contributed by atoms with Crippen LogP contribution in [-0.2, 0) is 11.4 Å². The lowest BCUT2D eigenvalue weighted by Crippen LogP contribution is -2.28. The summed E-state index contributed by atoms with van der Waals surface area (Å²) in [6.07, 6.45) is -0.748. The zero-order chi connectivity index (χ0) is 27.7. The highest BCUT2D eigenvalue weighted by Gasteiger charge is 2.17. The Labute approximate surface area is 233 Å². The summed E-state index contributed by atoms with van der Waals surface area (Å²) in [7, 11) is 0. The van der Waals surface area contributed by atoms with Gasteiger partial charge in [0.15, 0.2) is 11.9 Å². The van der Waals surface area contributed by atoms with Gasteiger partial charge in [0.05, 0.1) is 0 Å². The van der Waals surface area contributed by atoms with Crippen molar-refractivity contribution in [3.05, 3.63) is 150 Å². The second-order valence-corrected chi connectivity index (χ2v) is 9.23. The van der Waals surface area contributed by atoms with Crippen LogP contribution in [0.5, 0.6) is 17.2 Å². The maximum atomic E-state index is 12.7. The van der Waals surface area contributed by atoms with Crippen molar-refractivity contribution in [1.29, 1.82) is 0 Å². The first-order valence-electron chi connectivity index (χ1n) is 13.0. The largest absolute Gasteiger partial charge is 0.489 e. The standard InChI is InChI=1S/C35H28O5/c1-25(35(37)40-31-12-6-3-7-13-31)39-32-21-19-28(20-22-32)27-17-15-26(16-18-27)24-38-33-14-8-11-30(23-33)34(36)29-9-4-2-5-10-29/h2-23,25H,24H2,1H3. The minimum atomic E-state index is -0.748. The quantitative estimate of drug-likeness (QED) is 0.106. The van der Waals surface area contributed by atoms with E-state index >= 15 is 0 Å². The molecule has 5 heteroatoms. The molecule has 0 fully saturated rings. The highest BCUT2D eigenvalue weighted by Crippen LogP contribution is 2.25. The summed E-state index contributed by atoms with van der Waals surface area (Å²) in [5, 5.41) is 0. The number of carbonyl (C=O) groups excluding carboxylic acids is 2. The summed E-state index contributed by atoms with van der Waals surface area (Å²) >= 11 is 0. The van der Waals surface area contributed by atoms with Crippen molar-refractivity contribution in [2.24, 2.45) is 0 Å². The molecule has 40 heavy (non-hydrogen) atoms. The molecule has 198 valence electrons. The van der Waals surface area contributed by atoms with Gasteiger partial charge in [0.25, 0.3) is 0 Å². The monoisotopic (exact) mass is 528 g/mol. The molecule has 0 aromatic heterocycles. The summed E-state index contributed by atoms with van der Waals surface area (Å²) in [6, 6.07) is 41.0. The van der Waals surface area contributed by atoms with Gasteiger partial charge in [0, 0.05) is 11.1 Å². The Kier molecular flexibility index (Phi) is 8.32. The molecule has 0 amide bonds. The van der Waals surface area contributed by atoms with Crippen molar-refractivity contribution < 1.29 is 23.8 Å². The van der Waals surface area contributed by atoms with Gasteiger partial charge in [0.1, 0.15) is 23.9 Å². The Bertz CT molecular complexity index is 1560. The maximum absolute atomic E-state index is 12.7. The fraction of sp³-hybridized carbons (Fsp3) is 0.0857. The van der Waals surface area contributed by atoms with E-state index in [1.807, 2.05) is 109 Å². The molecule has 0 heterocycles. The predicted octanol–water partition coefficient (Wildman–Crippen LogP) is 7.54. The van der Waals surface area contributed by atoms with Crippen LogP contribution in [0.4, 0.5) is 0 Å². The van der Waals surface area contributed by atoms with Crippen molar-refractivity contribution >= 4 is 11.8 Å². The van der Waals surface area contributed by atoms with Crippen LogP contribution >= 0.6 is 0 Å². The van der Waals surface area contributed by atoms with Crippen LogP contribution in [0.1, 0.15) is 28.4 Å². The SMILES string of the molecule is CC(Oc1ccc(-c2ccc(COc3cccc(C(=O)c4ccccc4)c3)cc2)cc1)C(=O)Oc1ccccc1. The molecule has 5 aromatic carbocycles. The molecule has 0 saturated carbocycles. The predicted molar refractivity (Wildman–Crippen MR) is 155 cm³/mol. The summed E-state index contributed by atoms with van der Waals surface area (Å²) in [5.41, 5.74) is 4.31. The van der Waals surface area contributed by atoms with Gasteiger partial charge in [-0.3, -0.25) is 4.79 Å². The maximum Gasteiger partial charge on any atom is 0.352 e. The van der Waals surface area contributed by atoms with E-state index in [-0.39, 0.29) is 5.78 Å². The number of hydrogen-bond acceptors (Lipinski definition) is 5. The number of rotatable bonds is 10. The van der Waals surface area contributed by atoms with Crippen molar-refractivity contribution in [3.63, 3.8) is 0 Å². The summed E-state index contributed by atoms with van der Waals surface area (Å²) in [4.78, 5) is 25.0. The molecule has 0 saturated heterocycles. The first-order chi connectivity index (χ1) is 19.5. The lowest BCUT2D eigenvalue weighted by molar-refractivity contribution is -0.141. The van der Waals surface area contributed by atoms with Gasteiger partial charge in [-0.2, -0.15) is 0 Å². The van der Waals surface area contributed by atoms with Crippen molar-refractivity contribution in [1.82, 2.24) is 0 Å². The second-order valence-electron chi connectivity index (χ2n) is 9.23. The Morgan fingerprint density at radius 3 is 1.85 bits per heavy atom. The van der Waals surface area contributed by atoms with Crippen LogP contribution in [0, 0.1) is 0 Å². The first-order valence-corrected chi connectivity index (χ1v) is 13.0. The van der Waals surface area contributed by atoms with Gasteiger partial charge in [-0.15, -0.1) is 0 Å². The van der Waals surface area contributed by atoms with Crippen LogP contribution < -0.4 is 14.2 Å². The third kappa shape index (κ3) is 6.83. The van der Waals surface area contributed by atoms with Crippen molar-refractivity contribution in [2.45, 2.75) is 19.6 Å². The van der Waals surface area contributed by atoms with E-state index in [2.05, 4.69) is 0 Å². The average Bonchev–Trinajstić information content (AvgIpc) is 3.01. The minimum absolute atomic E-state index is 0.0339. The molecular formula is C35H28O5. The topological polar surface area (TPSA) is 61.8 Å². The Balaban J connectivity index is 1.15. The molecular weight excluding hydrogens is 500 g/mol. The number of para-hydroxylation sites is 1. The lowest BCUT2D eigenvalue weighted by Gasteiger charge is -2.14. The normalized spacial score (nSPS) is 11.3. The Hall–Kier alpha value is -5.16. The average molecular weight is 529 g/mol. The molecule has 0 N–H and O–H groups in total. The molecule has 0 aliphatic carbocycles. The molecule has 5 nitrogen and oxygen atoms in total. The van der Waals surface area contributed by atoms with Gasteiger partial charge in [-0.05, 0) is 60.0 Å². The van der Waals surface area contributed by atoms with Gasteiger partial charge >= 0.3 is 5.97 Å². The smallest absolute Gasteiger partial charge is 0.352 e. The highest BCUT2D eigenvalue weighted by atomic mass is 16.6. The third-order valence-electron chi connectivity index (χ3n) is 6.29. The Morgan fingerprint density at radius 2 is 1.18 bits per heavy atom. The van der Waals surface area contributed by atoms with E-state index < -0.39 is 12.1 Å². The van der Waals surface area contributed by atoms with Crippen LogP contribution in [0.3, 0.4) is 0 Å². The fourth-order valence-electron chi connectivity index (χ4n) is 4.11. The van der Waals surface area contributed by atoms with E-state index in [1.165, 1.54) is 0 Å². The Morgan fingerprint density at radius 1 is 0.600 bits per heavy atom. The number of carbonyl (C=O) groups is 2. The van der Waals surface area contributed by atoms with E-state index in [4.69, 9.17) is 14.2 Å². The number of esters is 1. The van der Waals surface area contributed by atoms with Crippen molar-refractivity contribution in [2.75, 3.05) is 0 Å². The summed E-state index contributed by atoms with van der Waals surface area (Å²) in [5.74, 6) is 1.22. The molecule has 1 unspecified atom stereocenters. The van der Waals surface area contributed by atoms with Gasteiger partial charge in [0.2, 0.25) is 0 Å². The van der Waals surface area contributed by atoms with Crippen LogP contribution in [0.2, 0.25) is 0 Å². The zero-order valence-electron chi connectivity index (χ0n) is 22.0. The highest BCUT2D eigenvalue weighted by molar-refractivity contribution is 6.09. The van der Waals surface area contributed by atoms with E-state index in [0.29, 0.717) is 35.0 Å². The van der Waals surface area contributed by atoms with Gasteiger partial charge < -0.3 is 14.2 Å². The van der Waals surface area contributed by atoms with Crippen molar-refractivity contribution in [3.8, 4) is 28.4 Å². The molecule has 0 radical (unpaired) electrons. The number of benzene rings is 5. The zero-order valence-corrected chi connectivity index (χ0v) is 22.0. The molecule has 0 bridgehead atoms. The van der Waals surface area contributed by atoms with E-state index in [9.17, 15) is 9.59 Å². The number of ketones is 1. The lowest BCUT2D eigenvalue weighted by atomic mass is 10.0. The van der Waals surface area contributed by atoms with E-state index in [1.54, 1.807) is 31.2 Å².